The van der Waals surface area contributed by atoms with E-state index in [2.05, 4.69) is 6.92 Å². The van der Waals surface area contributed by atoms with Gasteiger partial charge in [0.15, 0.2) is 0 Å². The summed E-state index contributed by atoms with van der Waals surface area (Å²) in [6.07, 6.45) is 2.66. The summed E-state index contributed by atoms with van der Waals surface area (Å²) in [5.41, 5.74) is -0.170. The Morgan fingerprint density at radius 1 is 1.36 bits per heavy atom. The van der Waals surface area contributed by atoms with Crippen molar-refractivity contribution in [3.63, 3.8) is 0 Å². The first-order chi connectivity index (χ1) is 5.12. The Labute approximate surface area is 66.0 Å². The molecule has 1 spiro atoms. The average molecular weight is 152 g/mol. The van der Waals surface area contributed by atoms with Gasteiger partial charge in [-0.3, -0.25) is 9.59 Å². The number of hydrogen-bond acceptors (Lipinski definition) is 2. The molecule has 0 aliphatic heterocycles. The van der Waals surface area contributed by atoms with Crippen LogP contribution in [0.4, 0.5) is 0 Å². The summed E-state index contributed by atoms with van der Waals surface area (Å²) in [5.74, 6) is 1.02. The third-order valence-electron chi connectivity index (χ3n) is 2.96. The monoisotopic (exact) mass is 152 g/mol. The SMILES string of the molecule is CC1CC2(CC(=O)CC2=O)C1. The molecule has 2 aliphatic carbocycles. The molecule has 2 aliphatic rings. The summed E-state index contributed by atoms with van der Waals surface area (Å²) in [4.78, 5) is 22.3. The van der Waals surface area contributed by atoms with Crippen LogP contribution in [0.25, 0.3) is 0 Å². The summed E-state index contributed by atoms with van der Waals surface area (Å²) in [6, 6.07) is 0. The van der Waals surface area contributed by atoms with Gasteiger partial charge >= 0.3 is 0 Å². The van der Waals surface area contributed by atoms with Crippen LogP contribution >= 0.6 is 0 Å². The first-order valence-corrected chi connectivity index (χ1v) is 4.17. The minimum Gasteiger partial charge on any atom is -0.299 e. The van der Waals surface area contributed by atoms with Crippen molar-refractivity contribution in [2.75, 3.05) is 0 Å². The lowest BCUT2D eigenvalue weighted by molar-refractivity contribution is -0.132. The third-order valence-corrected chi connectivity index (χ3v) is 2.96. The fourth-order valence-corrected chi connectivity index (χ4v) is 2.55. The van der Waals surface area contributed by atoms with E-state index in [1.165, 1.54) is 0 Å². The smallest absolute Gasteiger partial charge is 0.146 e. The van der Waals surface area contributed by atoms with Gasteiger partial charge in [0.05, 0.1) is 6.42 Å². The van der Waals surface area contributed by atoms with Crippen molar-refractivity contribution in [1.82, 2.24) is 0 Å². The highest BCUT2D eigenvalue weighted by Crippen LogP contribution is 2.52. The molecule has 2 rings (SSSR count). The molecule has 0 N–H and O–H groups in total. The van der Waals surface area contributed by atoms with Crippen molar-refractivity contribution in [3.8, 4) is 0 Å². The highest BCUT2D eigenvalue weighted by molar-refractivity contribution is 6.09. The van der Waals surface area contributed by atoms with Gasteiger partial charge in [0.2, 0.25) is 0 Å². The maximum Gasteiger partial charge on any atom is 0.146 e. The van der Waals surface area contributed by atoms with Crippen molar-refractivity contribution < 1.29 is 9.59 Å². The molecule has 0 saturated heterocycles. The van der Waals surface area contributed by atoms with Crippen LogP contribution in [-0.2, 0) is 9.59 Å². The summed E-state index contributed by atoms with van der Waals surface area (Å²) in [5, 5.41) is 0. The third kappa shape index (κ3) is 0.849. The van der Waals surface area contributed by atoms with Gasteiger partial charge < -0.3 is 0 Å². The molecule has 2 fully saturated rings. The molecule has 0 amide bonds. The number of rotatable bonds is 0. The fraction of sp³-hybridized carbons (Fsp3) is 0.778. The van der Waals surface area contributed by atoms with Gasteiger partial charge in [-0.15, -0.1) is 0 Å². The van der Waals surface area contributed by atoms with E-state index in [1.807, 2.05) is 0 Å². The summed E-state index contributed by atoms with van der Waals surface area (Å²) in [7, 11) is 0. The molecule has 0 heterocycles. The van der Waals surface area contributed by atoms with Gasteiger partial charge in [-0.2, -0.15) is 0 Å². The van der Waals surface area contributed by atoms with E-state index in [0.717, 1.165) is 12.8 Å². The Morgan fingerprint density at radius 2 is 2.00 bits per heavy atom. The van der Waals surface area contributed by atoms with Crippen LogP contribution in [0.1, 0.15) is 32.6 Å². The molecule has 0 radical (unpaired) electrons. The summed E-state index contributed by atoms with van der Waals surface area (Å²) >= 11 is 0. The minimum absolute atomic E-state index is 0.155. The van der Waals surface area contributed by atoms with Crippen LogP contribution in [0.15, 0.2) is 0 Å². The lowest BCUT2D eigenvalue weighted by Gasteiger charge is -2.41. The molecular weight excluding hydrogens is 140 g/mol. The second kappa shape index (κ2) is 1.93. The molecule has 0 atom stereocenters. The lowest BCUT2D eigenvalue weighted by atomic mass is 9.61. The molecule has 11 heavy (non-hydrogen) atoms. The van der Waals surface area contributed by atoms with E-state index in [0.29, 0.717) is 12.3 Å². The predicted octanol–water partition coefficient (Wildman–Crippen LogP) is 1.33. The van der Waals surface area contributed by atoms with Crippen molar-refractivity contribution in [3.05, 3.63) is 0 Å². The van der Waals surface area contributed by atoms with E-state index in [4.69, 9.17) is 0 Å². The Balaban J connectivity index is 2.16. The normalized spacial score (nSPS) is 43.2. The van der Waals surface area contributed by atoms with Crippen LogP contribution in [0.3, 0.4) is 0 Å². The van der Waals surface area contributed by atoms with E-state index in [9.17, 15) is 9.59 Å². The zero-order chi connectivity index (χ0) is 8.06. The van der Waals surface area contributed by atoms with E-state index in [1.54, 1.807) is 0 Å². The highest BCUT2D eigenvalue weighted by Gasteiger charge is 2.53. The molecule has 0 aromatic carbocycles. The Hall–Kier alpha value is -0.660. The molecule has 0 aromatic heterocycles. The largest absolute Gasteiger partial charge is 0.299 e. The van der Waals surface area contributed by atoms with Gasteiger partial charge in [-0.05, 0) is 18.8 Å². The quantitative estimate of drug-likeness (QED) is 0.491. The summed E-state index contributed by atoms with van der Waals surface area (Å²) < 4.78 is 0. The lowest BCUT2D eigenvalue weighted by Crippen LogP contribution is -2.39. The Morgan fingerprint density at radius 3 is 2.36 bits per heavy atom. The topological polar surface area (TPSA) is 34.1 Å². The molecule has 0 bridgehead atoms. The summed E-state index contributed by atoms with van der Waals surface area (Å²) in [6.45, 7) is 2.14. The first-order valence-electron chi connectivity index (χ1n) is 4.17. The zero-order valence-corrected chi connectivity index (χ0v) is 6.72. The standard InChI is InChI=1S/C9H12O2/c1-6-3-9(4-6)5-7(10)2-8(9)11/h6H,2-5H2,1H3. The van der Waals surface area contributed by atoms with Gasteiger partial charge in [-0.25, -0.2) is 0 Å². The van der Waals surface area contributed by atoms with Crippen molar-refractivity contribution >= 4 is 11.6 Å². The molecule has 2 heteroatoms. The number of carbonyl (C=O) groups is 2. The predicted molar refractivity (Wildman–Crippen MR) is 40.1 cm³/mol. The van der Waals surface area contributed by atoms with Gasteiger partial charge in [0, 0.05) is 11.8 Å². The second-order valence-electron chi connectivity index (χ2n) is 4.11. The van der Waals surface area contributed by atoms with Gasteiger partial charge in [0.25, 0.3) is 0 Å². The van der Waals surface area contributed by atoms with Crippen LogP contribution in [0.5, 0.6) is 0 Å². The van der Waals surface area contributed by atoms with Gasteiger partial charge in [0.1, 0.15) is 11.6 Å². The first kappa shape index (κ1) is 7.01. The molecule has 0 aromatic rings. The molecule has 2 saturated carbocycles. The molecular formula is C9H12O2. The Bertz CT molecular complexity index is 224. The van der Waals surface area contributed by atoms with E-state index < -0.39 is 0 Å². The second-order valence-corrected chi connectivity index (χ2v) is 4.11. The van der Waals surface area contributed by atoms with Gasteiger partial charge in [-0.1, -0.05) is 6.92 Å². The van der Waals surface area contributed by atoms with Crippen LogP contribution < -0.4 is 0 Å². The van der Waals surface area contributed by atoms with E-state index >= 15 is 0 Å². The fourth-order valence-electron chi connectivity index (χ4n) is 2.55. The maximum absolute atomic E-state index is 11.3. The average Bonchev–Trinajstić information content (AvgIpc) is 2.06. The number of carbonyl (C=O) groups excluding carboxylic acids is 2. The van der Waals surface area contributed by atoms with Crippen molar-refractivity contribution in [2.45, 2.75) is 32.6 Å². The zero-order valence-electron chi connectivity index (χ0n) is 6.72. The van der Waals surface area contributed by atoms with Crippen molar-refractivity contribution in [1.29, 1.82) is 0 Å². The van der Waals surface area contributed by atoms with Crippen LogP contribution in [0.2, 0.25) is 0 Å². The number of Topliss-reactive ketones (excluding diaryl/α,β-unsaturated/α-hetero) is 2. The molecule has 0 unspecified atom stereocenters. The number of hydrogen-bond donors (Lipinski definition) is 0. The maximum atomic E-state index is 11.3. The minimum atomic E-state index is -0.170. The van der Waals surface area contributed by atoms with Crippen LogP contribution in [-0.4, -0.2) is 11.6 Å². The number of ketones is 2. The Kier molecular flexibility index (Phi) is 1.23. The van der Waals surface area contributed by atoms with E-state index in [-0.39, 0.29) is 23.4 Å². The van der Waals surface area contributed by atoms with Crippen molar-refractivity contribution in [2.24, 2.45) is 11.3 Å². The molecule has 2 nitrogen and oxygen atoms in total. The van der Waals surface area contributed by atoms with Crippen LogP contribution in [0, 0.1) is 11.3 Å². The highest BCUT2D eigenvalue weighted by atomic mass is 16.2. The molecule has 60 valence electrons.